The van der Waals surface area contributed by atoms with Crippen molar-refractivity contribution in [3.63, 3.8) is 0 Å². The van der Waals surface area contributed by atoms with Gasteiger partial charge in [-0.25, -0.2) is 4.98 Å². The number of anilines is 1. The number of carbonyl (C=O) groups is 1. The van der Waals surface area contributed by atoms with Crippen LogP contribution >= 0.6 is 34.8 Å². The topological polar surface area (TPSA) is 46.4 Å². The van der Waals surface area contributed by atoms with Crippen molar-refractivity contribution in [3.05, 3.63) is 87.1 Å². The summed E-state index contributed by atoms with van der Waals surface area (Å²) in [7, 11) is 0. The zero-order valence-electron chi connectivity index (χ0n) is 15.3. The molecule has 0 unspecified atom stereocenters. The number of pyridine rings is 1. The number of fused-ring (bicyclic) bond motifs is 1. The van der Waals surface area contributed by atoms with Crippen molar-refractivity contribution in [2.24, 2.45) is 0 Å². The van der Waals surface area contributed by atoms with Crippen molar-refractivity contribution >= 4 is 52.0 Å². The summed E-state index contributed by atoms with van der Waals surface area (Å²) in [4.78, 5) is 16.7. The number of carbonyl (C=O) groups excluding carboxylic acids is 1. The lowest BCUT2D eigenvalue weighted by atomic mass is 10.1. The van der Waals surface area contributed by atoms with E-state index in [1.807, 2.05) is 0 Å². The molecule has 1 N–H and O–H groups in total. The minimum Gasteiger partial charge on any atom is -0.322 e. The number of alkyl halides is 3. The zero-order chi connectivity index (χ0) is 22.3. The van der Waals surface area contributed by atoms with E-state index in [0.717, 1.165) is 12.3 Å². The van der Waals surface area contributed by atoms with E-state index in [4.69, 9.17) is 34.8 Å². The lowest BCUT2D eigenvalue weighted by molar-refractivity contribution is -0.137. The summed E-state index contributed by atoms with van der Waals surface area (Å²) in [5.74, 6) is -0.431. The van der Waals surface area contributed by atoms with Crippen molar-refractivity contribution in [3.8, 4) is 11.3 Å². The highest BCUT2D eigenvalue weighted by atomic mass is 35.5. The minimum atomic E-state index is -4.52. The lowest BCUT2D eigenvalue weighted by Gasteiger charge is -2.08. The highest BCUT2D eigenvalue weighted by Gasteiger charge is 2.32. The van der Waals surface area contributed by atoms with Gasteiger partial charge < -0.3 is 9.72 Å². The Morgan fingerprint density at radius 2 is 1.68 bits per heavy atom. The van der Waals surface area contributed by atoms with Gasteiger partial charge in [-0.3, -0.25) is 4.79 Å². The first-order valence-corrected chi connectivity index (χ1v) is 9.88. The van der Waals surface area contributed by atoms with Crippen LogP contribution < -0.4 is 5.32 Å². The van der Waals surface area contributed by atoms with Gasteiger partial charge >= 0.3 is 6.18 Å². The monoisotopic (exact) mass is 483 g/mol. The molecule has 0 saturated carbocycles. The van der Waals surface area contributed by atoms with E-state index in [0.29, 0.717) is 16.9 Å². The molecule has 1 amide bonds. The molecule has 2 aromatic heterocycles. The van der Waals surface area contributed by atoms with Crippen molar-refractivity contribution in [2.45, 2.75) is 6.18 Å². The predicted molar refractivity (Wildman–Crippen MR) is 115 cm³/mol. The van der Waals surface area contributed by atoms with Crippen LogP contribution in [0.5, 0.6) is 0 Å². The quantitative estimate of drug-likeness (QED) is 0.333. The molecule has 10 heteroatoms. The summed E-state index contributed by atoms with van der Waals surface area (Å²) in [6.45, 7) is 0. The first-order valence-electron chi connectivity index (χ1n) is 8.75. The summed E-state index contributed by atoms with van der Waals surface area (Å²) in [5, 5.41) is 3.02. The van der Waals surface area contributed by atoms with Crippen molar-refractivity contribution < 1.29 is 18.0 Å². The fraction of sp³-hybridized carbons (Fsp3) is 0.0476. The van der Waals surface area contributed by atoms with Gasteiger partial charge in [0.25, 0.3) is 5.91 Å². The van der Waals surface area contributed by atoms with E-state index in [1.54, 1.807) is 42.5 Å². The molecule has 0 atom stereocenters. The molecule has 0 aliphatic rings. The number of amides is 1. The fourth-order valence-electron chi connectivity index (χ4n) is 2.95. The maximum atomic E-state index is 13.0. The van der Waals surface area contributed by atoms with Crippen LogP contribution in [-0.2, 0) is 6.18 Å². The summed E-state index contributed by atoms with van der Waals surface area (Å²) in [6.07, 6.45) is -2.13. The maximum absolute atomic E-state index is 13.0. The van der Waals surface area contributed by atoms with Gasteiger partial charge in [0.15, 0.2) is 5.65 Å². The molecular weight excluding hydrogens is 474 g/mol. The van der Waals surface area contributed by atoms with Crippen LogP contribution in [0.4, 0.5) is 18.9 Å². The van der Waals surface area contributed by atoms with Crippen LogP contribution in [0.2, 0.25) is 15.1 Å². The van der Waals surface area contributed by atoms with Crippen LogP contribution in [0.15, 0.2) is 60.9 Å². The van der Waals surface area contributed by atoms with Crippen LogP contribution in [0.1, 0.15) is 15.9 Å². The van der Waals surface area contributed by atoms with Gasteiger partial charge in [-0.05, 0) is 30.3 Å². The van der Waals surface area contributed by atoms with Gasteiger partial charge in [-0.15, -0.1) is 0 Å². The molecule has 0 aliphatic carbocycles. The van der Waals surface area contributed by atoms with Crippen LogP contribution in [0.3, 0.4) is 0 Å². The fourth-order valence-corrected chi connectivity index (χ4v) is 3.60. The molecule has 0 radical (unpaired) electrons. The Bertz CT molecular complexity index is 1300. The molecule has 0 aliphatic heterocycles. The predicted octanol–water partition coefficient (Wildman–Crippen LogP) is 7.23. The average molecular weight is 485 g/mol. The number of halogens is 6. The molecule has 2 heterocycles. The van der Waals surface area contributed by atoms with Crippen LogP contribution in [-0.4, -0.2) is 15.3 Å². The van der Waals surface area contributed by atoms with Gasteiger partial charge in [-0.1, -0.05) is 53.0 Å². The largest absolute Gasteiger partial charge is 0.417 e. The molecule has 0 saturated heterocycles. The third-order valence-corrected chi connectivity index (χ3v) is 5.57. The number of hydrogen-bond donors (Lipinski definition) is 1. The second-order valence-electron chi connectivity index (χ2n) is 6.56. The summed E-state index contributed by atoms with van der Waals surface area (Å²) < 4.78 is 40.2. The molecule has 31 heavy (non-hydrogen) atoms. The van der Waals surface area contributed by atoms with Crippen molar-refractivity contribution in [1.29, 1.82) is 0 Å². The second kappa shape index (κ2) is 8.07. The van der Waals surface area contributed by atoms with Crippen molar-refractivity contribution in [2.75, 3.05) is 5.32 Å². The van der Waals surface area contributed by atoms with Gasteiger partial charge in [0.2, 0.25) is 0 Å². The highest BCUT2D eigenvalue weighted by molar-refractivity contribution is 6.44. The number of rotatable bonds is 3. The number of aromatic nitrogens is 2. The van der Waals surface area contributed by atoms with Crippen LogP contribution in [0, 0.1) is 0 Å². The van der Waals surface area contributed by atoms with E-state index in [9.17, 15) is 18.0 Å². The minimum absolute atomic E-state index is 0.108. The Balaban J connectivity index is 1.59. The Hall–Kier alpha value is -2.74. The molecule has 0 spiro atoms. The first-order chi connectivity index (χ1) is 14.6. The molecular formula is C21H11Cl3F3N3O. The molecule has 2 aromatic carbocycles. The van der Waals surface area contributed by atoms with E-state index >= 15 is 0 Å². The number of benzene rings is 2. The molecule has 4 nitrogen and oxygen atoms in total. The zero-order valence-corrected chi connectivity index (χ0v) is 17.6. The van der Waals surface area contributed by atoms with Gasteiger partial charge in [-0.2, -0.15) is 13.2 Å². The number of imidazole rings is 1. The van der Waals surface area contributed by atoms with E-state index in [2.05, 4.69) is 10.3 Å². The van der Waals surface area contributed by atoms with E-state index in [-0.39, 0.29) is 26.3 Å². The Labute approximate surface area is 189 Å². The highest BCUT2D eigenvalue weighted by Crippen LogP contribution is 2.33. The number of nitrogens with one attached hydrogen (secondary N) is 1. The SMILES string of the molecule is O=C(Nc1ccc(-c2cn3cc(C(F)(F)F)cc(Cl)c3n2)cc1)c1cccc(Cl)c1Cl. The third kappa shape index (κ3) is 4.35. The van der Waals surface area contributed by atoms with E-state index in [1.165, 1.54) is 10.6 Å². The molecule has 4 rings (SSSR count). The molecule has 158 valence electrons. The molecule has 4 aromatic rings. The smallest absolute Gasteiger partial charge is 0.322 e. The average Bonchev–Trinajstić information content (AvgIpc) is 3.15. The second-order valence-corrected chi connectivity index (χ2v) is 7.76. The van der Waals surface area contributed by atoms with Gasteiger partial charge in [0.05, 0.1) is 31.9 Å². The maximum Gasteiger partial charge on any atom is 0.417 e. The normalized spacial score (nSPS) is 11.7. The molecule has 0 bridgehead atoms. The Kier molecular flexibility index (Phi) is 5.60. The Morgan fingerprint density at radius 1 is 0.968 bits per heavy atom. The summed E-state index contributed by atoms with van der Waals surface area (Å²) in [5.41, 5.74) is 1.12. The first kappa shape index (κ1) is 21.5. The summed E-state index contributed by atoms with van der Waals surface area (Å²) in [6, 6.07) is 12.2. The standard InChI is InChI=1S/C21H11Cl3F3N3O/c22-15-3-1-2-14(18(15)24)20(31)28-13-6-4-11(5-7-13)17-10-30-9-12(21(25,26)27)8-16(23)19(30)29-17/h1-10H,(H,28,31). The Morgan fingerprint density at radius 3 is 2.35 bits per heavy atom. The lowest BCUT2D eigenvalue weighted by Crippen LogP contribution is -2.12. The number of nitrogens with zero attached hydrogens (tertiary/aromatic N) is 2. The number of hydrogen-bond acceptors (Lipinski definition) is 2. The van der Waals surface area contributed by atoms with Crippen LogP contribution in [0.25, 0.3) is 16.9 Å². The van der Waals surface area contributed by atoms with Crippen molar-refractivity contribution in [1.82, 2.24) is 9.38 Å². The third-order valence-electron chi connectivity index (χ3n) is 4.47. The summed E-state index contributed by atoms with van der Waals surface area (Å²) >= 11 is 18.0. The van der Waals surface area contributed by atoms with Gasteiger partial charge in [0.1, 0.15) is 0 Å². The van der Waals surface area contributed by atoms with E-state index < -0.39 is 17.6 Å². The van der Waals surface area contributed by atoms with Gasteiger partial charge in [0, 0.05) is 23.6 Å². The molecule has 0 fully saturated rings.